The van der Waals surface area contributed by atoms with Crippen LogP contribution in [0.5, 0.6) is 0 Å². The van der Waals surface area contributed by atoms with Crippen molar-refractivity contribution in [3.8, 4) is 0 Å². The van der Waals surface area contributed by atoms with E-state index in [1.54, 1.807) is 0 Å². The summed E-state index contributed by atoms with van der Waals surface area (Å²) in [7, 11) is 1.20. The second-order valence-electron chi connectivity index (χ2n) is 2.75. The lowest BCUT2D eigenvalue weighted by Crippen LogP contribution is -2.06. The molecule has 15 heavy (non-hydrogen) atoms. The molecular weight excluding hydrogens is 202 g/mol. The standard InChI is InChI=1S/C9H9NO5/c1-15-9(12)8-3-2-7(10(13)14)4-6(8)5-11/h2-4,11H,5H2,1H3. The van der Waals surface area contributed by atoms with Crippen LogP contribution in [-0.2, 0) is 11.3 Å². The number of nitro benzene ring substituents is 1. The number of ether oxygens (including phenoxy) is 1. The van der Waals surface area contributed by atoms with E-state index in [1.807, 2.05) is 0 Å². The monoisotopic (exact) mass is 211 g/mol. The number of aliphatic hydroxyl groups excluding tert-OH is 1. The second-order valence-corrected chi connectivity index (χ2v) is 2.75. The van der Waals surface area contributed by atoms with E-state index < -0.39 is 17.5 Å². The zero-order chi connectivity index (χ0) is 11.4. The van der Waals surface area contributed by atoms with E-state index in [-0.39, 0.29) is 16.8 Å². The Kier molecular flexibility index (Phi) is 3.35. The summed E-state index contributed by atoms with van der Waals surface area (Å²) in [5.74, 6) is -0.631. The Bertz CT molecular complexity index is 401. The van der Waals surface area contributed by atoms with Crippen molar-refractivity contribution in [2.45, 2.75) is 6.61 Å². The van der Waals surface area contributed by atoms with Crippen LogP contribution in [0.15, 0.2) is 18.2 Å². The molecule has 1 aromatic carbocycles. The van der Waals surface area contributed by atoms with Crippen molar-refractivity contribution in [1.82, 2.24) is 0 Å². The first-order valence-electron chi connectivity index (χ1n) is 4.06. The minimum absolute atomic E-state index is 0.130. The molecule has 0 aliphatic carbocycles. The van der Waals surface area contributed by atoms with Gasteiger partial charge in [-0.15, -0.1) is 0 Å². The molecule has 1 N–H and O–H groups in total. The number of carbonyl (C=O) groups excluding carboxylic acids is 1. The largest absolute Gasteiger partial charge is 0.465 e. The zero-order valence-corrected chi connectivity index (χ0v) is 7.97. The number of nitro groups is 1. The van der Waals surface area contributed by atoms with Crippen molar-refractivity contribution in [1.29, 1.82) is 0 Å². The Morgan fingerprint density at radius 2 is 2.27 bits per heavy atom. The van der Waals surface area contributed by atoms with Crippen molar-refractivity contribution in [3.63, 3.8) is 0 Å². The summed E-state index contributed by atoms with van der Waals surface area (Å²) in [6.45, 7) is -0.452. The number of hydrogen-bond donors (Lipinski definition) is 1. The van der Waals surface area contributed by atoms with E-state index >= 15 is 0 Å². The number of rotatable bonds is 3. The van der Waals surface area contributed by atoms with Crippen LogP contribution in [-0.4, -0.2) is 23.1 Å². The Morgan fingerprint density at radius 1 is 1.60 bits per heavy atom. The van der Waals surface area contributed by atoms with Crippen LogP contribution in [0, 0.1) is 10.1 Å². The molecule has 0 bridgehead atoms. The molecule has 0 fully saturated rings. The highest BCUT2D eigenvalue weighted by molar-refractivity contribution is 5.91. The maximum atomic E-state index is 11.2. The van der Waals surface area contributed by atoms with Crippen LogP contribution in [0.2, 0.25) is 0 Å². The second kappa shape index (κ2) is 4.52. The quantitative estimate of drug-likeness (QED) is 0.455. The minimum Gasteiger partial charge on any atom is -0.465 e. The SMILES string of the molecule is COC(=O)c1ccc([N+](=O)[O-])cc1CO. The number of carbonyl (C=O) groups is 1. The number of esters is 1. The fourth-order valence-corrected chi connectivity index (χ4v) is 1.13. The van der Waals surface area contributed by atoms with Gasteiger partial charge in [0.05, 0.1) is 24.2 Å². The van der Waals surface area contributed by atoms with Crippen LogP contribution < -0.4 is 0 Å². The summed E-state index contributed by atoms with van der Waals surface area (Å²) < 4.78 is 4.46. The average Bonchev–Trinajstić information content (AvgIpc) is 2.27. The first-order chi connectivity index (χ1) is 7.10. The predicted molar refractivity (Wildman–Crippen MR) is 50.4 cm³/mol. The molecule has 0 unspecified atom stereocenters. The maximum Gasteiger partial charge on any atom is 0.338 e. The highest BCUT2D eigenvalue weighted by Crippen LogP contribution is 2.18. The third-order valence-electron chi connectivity index (χ3n) is 1.88. The van der Waals surface area contributed by atoms with E-state index in [0.29, 0.717) is 0 Å². The van der Waals surface area contributed by atoms with Gasteiger partial charge in [0.1, 0.15) is 0 Å². The van der Waals surface area contributed by atoms with Gasteiger partial charge in [-0.1, -0.05) is 0 Å². The van der Waals surface area contributed by atoms with Crippen molar-refractivity contribution >= 4 is 11.7 Å². The molecule has 0 radical (unpaired) electrons. The fraction of sp³-hybridized carbons (Fsp3) is 0.222. The van der Waals surface area contributed by atoms with Crippen molar-refractivity contribution in [3.05, 3.63) is 39.4 Å². The summed E-state index contributed by atoms with van der Waals surface area (Å²) in [6, 6.07) is 3.59. The van der Waals surface area contributed by atoms with Gasteiger partial charge < -0.3 is 9.84 Å². The normalized spacial score (nSPS) is 9.73. The molecule has 0 aromatic heterocycles. The van der Waals surface area contributed by atoms with E-state index in [2.05, 4.69) is 4.74 Å². The summed E-state index contributed by atoms with van der Waals surface area (Å²) in [4.78, 5) is 21.0. The summed E-state index contributed by atoms with van der Waals surface area (Å²) in [5, 5.41) is 19.4. The van der Waals surface area contributed by atoms with Crippen LogP contribution in [0.3, 0.4) is 0 Å². The number of nitrogens with zero attached hydrogens (tertiary/aromatic N) is 1. The van der Waals surface area contributed by atoms with Crippen LogP contribution in [0.1, 0.15) is 15.9 Å². The molecule has 80 valence electrons. The van der Waals surface area contributed by atoms with Crippen LogP contribution >= 0.6 is 0 Å². The van der Waals surface area contributed by atoms with Crippen molar-refractivity contribution in [2.24, 2.45) is 0 Å². The van der Waals surface area contributed by atoms with Crippen LogP contribution in [0.4, 0.5) is 5.69 Å². The average molecular weight is 211 g/mol. The highest BCUT2D eigenvalue weighted by atomic mass is 16.6. The van der Waals surface area contributed by atoms with Gasteiger partial charge in [-0.2, -0.15) is 0 Å². The predicted octanol–water partition coefficient (Wildman–Crippen LogP) is 0.874. The number of benzene rings is 1. The molecule has 0 saturated heterocycles. The van der Waals surface area contributed by atoms with Crippen LogP contribution in [0.25, 0.3) is 0 Å². The molecule has 1 aromatic rings. The van der Waals surface area contributed by atoms with E-state index in [1.165, 1.54) is 19.2 Å². The topological polar surface area (TPSA) is 89.7 Å². The van der Waals surface area contributed by atoms with Gasteiger partial charge >= 0.3 is 5.97 Å². The van der Waals surface area contributed by atoms with Gasteiger partial charge in [-0.25, -0.2) is 4.79 Å². The Labute approximate surface area is 85.2 Å². The number of aliphatic hydroxyl groups is 1. The fourth-order valence-electron chi connectivity index (χ4n) is 1.13. The number of methoxy groups -OCH3 is 1. The molecule has 0 saturated carbocycles. The zero-order valence-electron chi connectivity index (χ0n) is 7.97. The van der Waals surface area contributed by atoms with Gasteiger partial charge in [0.15, 0.2) is 0 Å². The molecular formula is C9H9NO5. The van der Waals surface area contributed by atoms with E-state index in [9.17, 15) is 14.9 Å². The third-order valence-corrected chi connectivity index (χ3v) is 1.88. The molecule has 0 aliphatic rings. The minimum atomic E-state index is -0.631. The molecule has 0 heterocycles. The Hall–Kier alpha value is -1.95. The van der Waals surface area contributed by atoms with E-state index in [4.69, 9.17) is 5.11 Å². The first-order valence-corrected chi connectivity index (χ1v) is 4.06. The molecule has 0 spiro atoms. The summed E-state index contributed by atoms with van der Waals surface area (Å²) in [5.41, 5.74) is 0.133. The van der Waals surface area contributed by atoms with Gasteiger partial charge in [0, 0.05) is 12.1 Å². The van der Waals surface area contributed by atoms with Gasteiger partial charge in [-0.3, -0.25) is 10.1 Å². The lowest BCUT2D eigenvalue weighted by atomic mass is 10.1. The van der Waals surface area contributed by atoms with Crippen molar-refractivity contribution < 1.29 is 19.6 Å². The Balaban J connectivity index is 3.20. The van der Waals surface area contributed by atoms with Crippen molar-refractivity contribution in [2.75, 3.05) is 7.11 Å². The van der Waals surface area contributed by atoms with Gasteiger partial charge in [0.25, 0.3) is 5.69 Å². The lowest BCUT2D eigenvalue weighted by Gasteiger charge is -2.04. The first kappa shape index (κ1) is 11.1. The Morgan fingerprint density at radius 3 is 2.73 bits per heavy atom. The van der Waals surface area contributed by atoms with E-state index in [0.717, 1.165) is 6.07 Å². The molecule has 6 nitrogen and oxygen atoms in total. The smallest absolute Gasteiger partial charge is 0.338 e. The highest BCUT2D eigenvalue weighted by Gasteiger charge is 2.15. The van der Waals surface area contributed by atoms with Gasteiger partial charge in [0.2, 0.25) is 0 Å². The maximum absolute atomic E-state index is 11.2. The molecule has 1 rings (SSSR count). The summed E-state index contributed by atoms with van der Waals surface area (Å²) in [6.07, 6.45) is 0. The molecule has 0 atom stereocenters. The number of hydrogen-bond acceptors (Lipinski definition) is 5. The third kappa shape index (κ3) is 2.29. The molecule has 6 heteroatoms. The van der Waals surface area contributed by atoms with Gasteiger partial charge in [-0.05, 0) is 11.6 Å². The molecule has 0 aliphatic heterocycles. The summed E-state index contributed by atoms with van der Waals surface area (Å²) >= 11 is 0. The number of non-ortho nitro benzene ring substituents is 1. The molecule has 0 amide bonds. The lowest BCUT2D eigenvalue weighted by molar-refractivity contribution is -0.384.